The molecule has 11 nitrogen and oxygen atoms in total. The minimum atomic E-state index is -1.57. The Bertz CT molecular complexity index is 1320. The Balaban J connectivity index is 2.03. The number of nitrogens with one attached hydrogen (secondary N) is 1. The van der Waals surface area contributed by atoms with Crippen molar-refractivity contribution in [2.24, 2.45) is 0 Å². The van der Waals surface area contributed by atoms with Gasteiger partial charge in [0.25, 0.3) is 0 Å². The number of aliphatic hydroxyl groups excluding tert-OH is 5. The summed E-state index contributed by atoms with van der Waals surface area (Å²) in [5, 5.41) is 54.3. The lowest BCUT2D eigenvalue weighted by Gasteiger charge is -2.40. The highest BCUT2D eigenvalue weighted by atomic mass is 16.7. The van der Waals surface area contributed by atoms with E-state index in [1.807, 2.05) is 6.08 Å². The van der Waals surface area contributed by atoms with Crippen molar-refractivity contribution in [2.75, 3.05) is 19.8 Å². The largest absolute Gasteiger partial charge is 0.466 e. The lowest BCUT2D eigenvalue weighted by molar-refractivity contribution is -0.302. The van der Waals surface area contributed by atoms with Crippen molar-refractivity contribution in [3.05, 3.63) is 36.5 Å². The zero-order valence-corrected chi connectivity index (χ0v) is 47.8. The van der Waals surface area contributed by atoms with Gasteiger partial charge in [0, 0.05) is 12.8 Å². The van der Waals surface area contributed by atoms with Gasteiger partial charge in [-0.15, -0.1) is 0 Å². The van der Waals surface area contributed by atoms with Gasteiger partial charge in [-0.05, 0) is 77.0 Å². The standard InChI is InChI=1S/C63H117NO10/c1-3-5-7-9-11-13-29-33-37-41-45-49-56(66)55(54-73-63-62(71)61(70)60(69)57(53-65)74-63)64-58(67)50-46-42-38-34-31-27-25-23-21-19-17-15-16-18-20-22-24-26-28-32-36-40-44-48-52-72-59(68)51-47-43-39-35-30-14-12-10-8-6-4-2/h10,12,17,19,45,49,55-57,60-63,65-66,69-71H,3-9,11,13-16,18,20-44,46-48,50-54H2,1-2H3,(H,64,67)/b12-10-,19-17-,49-45+. The topological polar surface area (TPSA) is 175 Å². The molecular weight excluding hydrogens is 931 g/mol. The van der Waals surface area contributed by atoms with Gasteiger partial charge < -0.3 is 45.1 Å². The summed E-state index contributed by atoms with van der Waals surface area (Å²) in [6.07, 6.45) is 55.3. The minimum absolute atomic E-state index is 0.00994. The molecule has 7 unspecified atom stereocenters. The molecule has 7 atom stereocenters. The number of carbonyl (C=O) groups is 2. The normalized spacial score (nSPS) is 19.0. The Morgan fingerprint density at radius 1 is 0.486 bits per heavy atom. The molecule has 0 aromatic carbocycles. The van der Waals surface area contributed by atoms with Crippen LogP contribution < -0.4 is 5.32 Å². The predicted molar refractivity (Wildman–Crippen MR) is 306 cm³/mol. The molecule has 1 rings (SSSR count). The molecule has 0 aromatic heterocycles. The van der Waals surface area contributed by atoms with Gasteiger partial charge in [0.2, 0.25) is 5.91 Å². The van der Waals surface area contributed by atoms with Gasteiger partial charge >= 0.3 is 5.97 Å². The molecule has 6 N–H and O–H groups in total. The van der Waals surface area contributed by atoms with Crippen LogP contribution in [0.15, 0.2) is 36.5 Å². The number of amides is 1. The van der Waals surface area contributed by atoms with Crippen LogP contribution in [-0.4, -0.2) is 100 Å². The van der Waals surface area contributed by atoms with Crippen LogP contribution in [0.2, 0.25) is 0 Å². The predicted octanol–water partition coefficient (Wildman–Crippen LogP) is 14.7. The van der Waals surface area contributed by atoms with Crippen LogP contribution >= 0.6 is 0 Å². The quantitative estimate of drug-likeness (QED) is 0.0195. The average molecular weight is 1050 g/mol. The molecule has 0 spiro atoms. The van der Waals surface area contributed by atoms with E-state index in [2.05, 4.69) is 43.5 Å². The molecule has 0 aromatic rings. The number of hydrogen-bond donors (Lipinski definition) is 6. The lowest BCUT2D eigenvalue weighted by Crippen LogP contribution is -2.60. The number of aliphatic hydroxyl groups is 5. The summed E-state index contributed by atoms with van der Waals surface area (Å²) in [5.41, 5.74) is 0. The van der Waals surface area contributed by atoms with Gasteiger partial charge in [-0.3, -0.25) is 9.59 Å². The summed E-state index contributed by atoms with van der Waals surface area (Å²) in [5.74, 6) is -0.197. The third-order valence-electron chi connectivity index (χ3n) is 14.7. The van der Waals surface area contributed by atoms with Crippen LogP contribution in [0.4, 0.5) is 0 Å². The second-order valence-electron chi connectivity index (χ2n) is 21.8. The number of carbonyl (C=O) groups excluding carboxylic acids is 2. The summed E-state index contributed by atoms with van der Waals surface area (Å²) in [4.78, 5) is 25.0. The fourth-order valence-electron chi connectivity index (χ4n) is 9.70. The number of esters is 1. The maximum atomic E-state index is 13.0. The SMILES string of the molecule is CCCC/C=C\CCCCCCCC(=O)OCCCCCCCCCCCCCC/C=C\CCCCCCCCCCC(=O)NC(COC1OC(CO)C(O)C(O)C1O)C(O)/C=C/CCCCCCCCCCC. The Morgan fingerprint density at radius 3 is 1.34 bits per heavy atom. The average Bonchev–Trinajstić information content (AvgIpc) is 3.40. The molecule has 0 aliphatic carbocycles. The minimum Gasteiger partial charge on any atom is -0.466 e. The summed E-state index contributed by atoms with van der Waals surface area (Å²) >= 11 is 0. The Morgan fingerprint density at radius 2 is 0.878 bits per heavy atom. The second kappa shape index (κ2) is 52.9. The van der Waals surface area contributed by atoms with Crippen LogP contribution in [0, 0.1) is 0 Å². The molecule has 74 heavy (non-hydrogen) atoms. The Kier molecular flexibility index (Phi) is 50.0. The molecule has 0 saturated carbocycles. The highest BCUT2D eigenvalue weighted by Crippen LogP contribution is 2.23. The summed E-state index contributed by atoms with van der Waals surface area (Å²) in [6.45, 7) is 4.30. The molecule has 1 heterocycles. The summed E-state index contributed by atoms with van der Waals surface area (Å²) in [7, 11) is 0. The van der Waals surface area contributed by atoms with E-state index in [0.717, 1.165) is 64.2 Å². The van der Waals surface area contributed by atoms with Crippen molar-refractivity contribution < 1.29 is 49.3 Å². The van der Waals surface area contributed by atoms with Crippen molar-refractivity contribution in [1.29, 1.82) is 0 Å². The van der Waals surface area contributed by atoms with Crippen molar-refractivity contribution in [3.63, 3.8) is 0 Å². The highest BCUT2D eigenvalue weighted by Gasteiger charge is 2.44. The van der Waals surface area contributed by atoms with Crippen LogP contribution in [0.3, 0.4) is 0 Å². The third-order valence-corrected chi connectivity index (χ3v) is 14.7. The van der Waals surface area contributed by atoms with Crippen molar-refractivity contribution in [1.82, 2.24) is 5.32 Å². The Hall–Kier alpha value is -2.12. The van der Waals surface area contributed by atoms with Gasteiger partial charge in [0.1, 0.15) is 24.4 Å². The number of rotatable bonds is 54. The molecule has 11 heteroatoms. The van der Waals surface area contributed by atoms with Gasteiger partial charge in [0.15, 0.2) is 6.29 Å². The highest BCUT2D eigenvalue weighted by molar-refractivity contribution is 5.76. The van der Waals surface area contributed by atoms with E-state index in [-0.39, 0.29) is 18.5 Å². The van der Waals surface area contributed by atoms with Crippen molar-refractivity contribution in [2.45, 2.75) is 333 Å². The maximum Gasteiger partial charge on any atom is 0.305 e. The summed E-state index contributed by atoms with van der Waals surface area (Å²) in [6, 6.07) is -0.812. The summed E-state index contributed by atoms with van der Waals surface area (Å²) < 4.78 is 16.7. The molecule has 1 amide bonds. The van der Waals surface area contributed by atoms with Gasteiger partial charge in [-0.1, -0.05) is 237 Å². The molecule has 0 bridgehead atoms. The van der Waals surface area contributed by atoms with E-state index in [0.29, 0.717) is 19.4 Å². The number of hydrogen-bond acceptors (Lipinski definition) is 10. The van der Waals surface area contributed by atoms with Crippen LogP contribution in [0.5, 0.6) is 0 Å². The fraction of sp³-hybridized carbons (Fsp3) is 0.873. The third kappa shape index (κ3) is 42.0. The molecule has 1 aliphatic heterocycles. The second-order valence-corrected chi connectivity index (χ2v) is 21.8. The first-order chi connectivity index (χ1) is 36.2. The van der Waals surface area contributed by atoms with Crippen LogP contribution in [0.1, 0.15) is 290 Å². The number of ether oxygens (including phenoxy) is 3. The van der Waals surface area contributed by atoms with Crippen LogP contribution in [-0.2, 0) is 23.8 Å². The number of unbranched alkanes of at least 4 members (excludes halogenated alkanes) is 36. The van der Waals surface area contributed by atoms with E-state index in [1.54, 1.807) is 6.08 Å². The molecule has 434 valence electrons. The molecular formula is C63H117NO10. The van der Waals surface area contributed by atoms with E-state index >= 15 is 0 Å². The number of allylic oxidation sites excluding steroid dienone is 5. The van der Waals surface area contributed by atoms with Gasteiger partial charge in [0.05, 0.1) is 32.0 Å². The maximum absolute atomic E-state index is 13.0. The lowest BCUT2D eigenvalue weighted by atomic mass is 9.99. The zero-order valence-electron chi connectivity index (χ0n) is 47.8. The van der Waals surface area contributed by atoms with Gasteiger partial charge in [-0.2, -0.15) is 0 Å². The first-order valence-electron chi connectivity index (χ1n) is 31.3. The Labute approximate surface area is 453 Å². The van der Waals surface area contributed by atoms with Crippen molar-refractivity contribution in [3.8, 4) is 0 Å². The van der Waals surface area contributed by atoms with Crippen molar-refractivity contribution >= 4 is 11.9 Å². The molecule has 0 radical (unpaired) electrons. The van der Waals surface area contributed by atoms with E-state index in [4.69, 9.17) is 14.2 Å². The molecule has 1 saturated heterocycles. The van der Waals surface area contributed by atoms with Gasteiger partial charge in [-0.25, -0.2) is 0 Å². The first-order valence-corrected chi connectivity index (χ1v) is 31.3. The molecule has 1 aliphatic rings. The first kappa shape index (κ1) is 69.9. The fourth-order valence-corrected chi connectivity index (χ4v) is 9.70. The monoisotopic (exact) mass is 1050 g/mol. The van der Waals surface area contributed by atoms with E-state index in [9.17, 15) is 35.1 Å². The van der Waals surface area contributed by atoms with Crippen LogP contribution in [0.25, 0.3) is 0 Å². The zero-order chi connectivity index (χ0) is 53.8. The smallest absolute Gasteiger partial charge is 0.305 e. The van der Waals surface area contributed by atoms with E-state index in [1.165, 1.54) is 199 Å². The molecule has 1 fully saturated rings. The van der Waals surface area contributed by atoms with E-state index < -0.39 is 49.5 Å².